The van der Waals surface area contributed by atoms with Crippen molar-refractivity contribution in [2.45, 2.75) is 19.9 Å². The first-order valence-electron chi connectivity index (χ1n) is 7.99. The first kappa shape index (κ1) is 17.3. The fraction of sp³-hybridized carbons (Fsp3) is 0.333. The van der Waals surface area contributed by atoms with Gasteiger partial charge in [0.1, 0.15) is 18.1 Å². The van der Waals surface area contributed by atoms with Crippen LogP contribution in [0.2, 0.25) is 0 Å². The number of ether oxygens (including phenoxy) is 2. The van der Waals surface area contributed by atoms with Gasteiger partial charge in [0.15, 0.2) is 11.5 Å². The maximum absolute atomic E-state index is 12.5. The Labute approximate surface area is 149 Å². The van der Waals surface area contributed by atoms with E-state index < -0.39 is 5.97 Å². The number of nitrogens with one attached hydrogen (secondary N) is 1. The van der Waals surface area contributed by atoms with Gasteiger partial charge in [0, 0.05) is 0 Å². The molecule has 2 N–H and O–H groups in total. The summed E-state index contributed by atoms with van der Waals surface area (Å²) in [5.41, 5.74) is 0.919. The summed E-state index contributed by atoms with van der Waals surface area (Å²) in [5, 5.41) is 12.0. The monoisotopic (exact) mass is 361 g/mol. The van der Waals surface area contributed by atoms with E-state index in [4.69, 9.17) is 14.6 Å². The maximum Gasteiger partial charge on any atom is 0.345 e. The van der Waals surface area contributed by atoms with Crippen LogP contribution in [0.1, 0.15) is 44.8 Å². The van der Waals surface area contributed by atoms with Crippen molar-refractivity contribution in [1.29, 1.82) is 0 Å². The second kappa shape index (κ2) is 7.14. The molecule has 6 nitrogen and oxygen atoms in total. The second-order valence-electron chi connectivity index (χ2n) is 6.07. The molecule has 1 unspecified atom stereocenters. The SMILES string of the molecule is CC(C)C(NC(=O)c1ccc(C(=O)O)s1)c1ccc2c(c1)OCCO2. The van der Waals surface area contributed by atoms with Gasteiger partial charge in [-0.15, -0.1) is 11.3 Å². The van der Waals surface area contributed by atoms with Crippen LogP contribution >= 0.6 is 11.3 Å². The molecule has 1 aliphatic heterocycles. The minimum Gasteiger partial charge on any atom is -0.486 e. The largest absolute Gasteiger partial charge is 0.486 e. The molecule has 25 heavy (non-hydrogen) atoms. The quantitative estimate of drug-likeness (QED) is 0.853. The van der Waals surface area contributed by atoms with E-state index >= 15 is 0 Å². The maximum atomic E-state index is 12.5. The predicted octanol–water partition coefficient (Wildman–Crippen LogP) is 3.34. The number of hydrogen-bond acceptors (Lipinski definition) is 5. The molecule has 0 spiro atoms. The van der Waals surface area contributed by atoms with Crippen molar-refractivity contribution < 1.29 is 24.2 Å². The molecular weight excluding hydrogens is 342 g/mol. The molecule has 1 aromatic carbocycles. The molecule has 1 amide bonds. The summed E-state index contributed by atoms with van der Waals surface area (Å²) < 4.78 is 11.1. The van der Waals surface area contributed by atoms with Crippen molar-refractivity contribution in [1.82, 2.24) is 5.32 Å². The molecule has 2 heterocycles. The topological polar surface area (TPSA) is 84.9 Å². The molecule has 1 aliphatic rings. The first-order chi connectivity index (χ1) is 12.0. The highest BCUT2D eigenvalue weighted by atomic mass is 32.1. The summed E-state index contributed by atoms with van der Waals surface area (Å²) in [6.45, 7) is 5.06. The van der Waals surface area contributed by atoms with Crippen LogP contribution in [-0.2, 0) is 0 Å². The number of carbonyl (C=O) groups is 2. The van der Waals surface area contributed by atoms with Gasteiger partial charge in [-0.1, -0.05) is 19.9 Å². The number of amides is 1. The van der Waals surface area contributed by atoms with E-state index in [0.29, 0.717) is 29.6 Å². The molecule has 2 aromatic rings. The van der Waals surface area contributed by atoms with Crippen LogP contribution < -0.4 is 14.8 Å². The summed E-state index contributed by atoms with van der Waals surface area (Å²) in [4.78, 5) is 24.0. The van der Waals surface area contributed by atoms with Gasteiger partial charge in [0.25, 0.3) is 5.91 Å². The van der Waals surface area contributed by atoms with Crippen LogP contribution in [0.3, 0.4) is 0 Å². The molecule has 0 saturated carbocycles. The Bertz CT molecular complexity index is 799. The van der Waals surface area contributed by atoms with Crippen LogP contribution in [0.25, 0.3) is 0 Å². The third-order valence-electron chi connectivity index (χ3n) is 3.92. The molecular formula is C18H19NO5S. The minimum absolute atomic E-state index is 0.144. The number of carboxylic acids is 1. The minimum atomic E-state index is -1.03. The van der Waals surface area contributed by atoms with Crippen molar-refractivity contribution in [3.63, 3.8) is 0 Å². The van der Waals surface area contributed by atoms with Crippen molar-refractivity contribution in [3.8, 4) is 11.5 Å². The summed E-state index contributed by atoms with van der Waals surface area (Å²) in [5.74, 6) is 0.203. The Balaban J connectivity index is 1.81. The molecule has 7 heteroatoms. The van der Waals surface area contributed by atoms with Gasteiger partial charge in [-0.3, -0.25) is 4.79 Å². The zero-order valence-corrected chi connectivity index (χ0v) is 14.8. The molecule has 0 fully saturated rings. The van der Waals surface area contributed by atoms with Crippen LogP contribution in [-0.4, -0.2) is 30.2 Å². The number of carboxylic acid groups (broad SMARTS) is 1. The highest BCUT2D eigenvalue weighted by Gasteiger charge is 2.23. The lowest BCUT2D eigenvalue weighted by molar-refractivity contribution is 0.0702. The highest BCUT2D eigenvalue weighted by Crippen LogP contribution is 2.34. The average Bonchev–Trinajstić information content (AvgIpc) is 3.09. The Hall–Kier alpha value is -2.54. The Morgan fingerprint density at radius 2 is 1.76 bits per heavy atom. The van der Waals surface area contributed by atoms with Gasteiger partial charge in [-0.25, -0.2) is 4.79 Å². The van der Waals surface area contributed by atoms with E-state index in [1.165, 1.54) is 12.1 Å². The normalized spacial score (nSPS) is 14.2. The lowest BCUT2D eigenvalue weighted by Gasteiger charge is -2.25. The van der Waals surface area contributed by atoms with Crippen LogP contribution in [0.5, 0.6) is 11.5 Å². The third kappa shape index (κ3) is 3.76. The molecule has 1 atom stereocenters. The van der Waals surface area contributed by atoms with Crippen molar-refractivity contribution in [3.05, 3.63) is 45.6 Å². The van der Waals surface area contributed by atoms with Gasteiger partial charge < -0.3 is 19.9 Å². The first-order valence-corrected chi connectivity index (χ1v) is 8.81. The fourth-order valence-corrected chi connectivity index (χ4v) is 3.42. The molecule has 0 saturated heterocycles. The fourth-order valence-electron chi connectivity index (χ4n) is 2.68. The molecule has 1 aromatic heterocycles. The number of rotatable bonds is 5. The lowest BCUT2D eigenvalue weighted by Crippen LogP contribution is -2.31. The number of hydrogen-bond donors (Lipinski definition) is 2. The number of aromatic carboxylic acids is 1. The molecule has 0 bridgehead atoms. The number of carbonyl (C=O) groups excluding carboxylic acids is 1. The van der Waals surface area contributed by atoms with Crippen LogP contribution in [0.4, 0.5) is 0 Å². The van der Waals surface area contributed by atoms with Crippen molar-refractivity contribution >= 4 is 23.2 Å². The molecule has 132 valence electrons. The standard InChI is InChI=1S/C18H19NO5S/c1-10(2)16(11-3-4-12-13(9-11)24-8-7-23-12)19-17(20)14-5-6-15(25-14)18(21)22/h3-6,9-10,16H,7-8H2,1-2H3,(H,19,20)(H,21,22). The summed E-state index contributed by atoms with van der Waals surface area (Å²) >= 11 is 0.965. The molecule has 0 radical (unpaired) electrons. The third-order valence-corrected chi connectivity index (χ3v) is 4.99. The molecule has 0 aliphatic carbocycles. The van der Waals surface area contributed by atoms with Crippen LogP contribution in [0.15, 0.2) is 30.3 Å². The summed E-state index contributed by atoms with van der Waals surface area (Å²) in [6.07, 6.45) is 0. The smallest absolute Gasteiger partial charge is 0.345 e. The van der Waals surface area contributed by atoms with E-state index in [2.05, 4.69) is 5.32 Å². The van der Waals surface area contributed by atoms with Crippen LogP contribution in [0, 0.1) is 5.92 Å². The van der Waals surface area contributed by atoms with Gasteiger partial charge in [-0.05, 0) is 35.7 Å². The Morgan fingerprint density at radius 1 is 1.08 bits per heavy atom. The zero-order valence-electron chi connectivity index (χ0n) is 13.9. The lowest BCUT2D eigenvalue weighted by atomic mass is 9.95. The van der Waals surface area contributed by atoms with Gasteiger partial charge >= 0.3 is 5.97 Å². The van der Waals surface area contributed by atoms with E-state index in [1.54, 1.807) is 0 Å². The number of benzene rings is 1. The number of fused-ring (bicyclic) bond motifs is 1. The zero-order chi connectivity index (χ0) is 18.0. The summed E-state index contributed by atoms with van der Waals surface area (Å²) in [6, 6.07) is 8.39. The van der Waals surface area contributed by atoms with Crippen molar-refractivity contribution in [2.75, 3.05) is 13.2 Å². The Morgan fingerprint density at radius 3 is 2.40 bits per heavy atom. The molecule has 3 rings (SSSR count). The highest BCUT2D eigenvalue weighted by molar-refractivity contribution is 7.15. The van der Waals surface area contributed by atoms with Gasteiger partial charge in [-0.2, -0.15) is 0 Å². The predicted molar refractivity (Wildman–Crippen MR) is 93.8 cm³/mol. The van der Waals surface area contributed by atoms with Gasteiger partial charge in [0.05, 0.1) is 10.9 Å². The van der Waals surface area contributed by atoms with E-state index in [9.17, 15) is 9.59 Å². The summed E-state index contributed by atoms with van der Waals surface area (Å²) in [7, 11) is 0. The van der Waals surface area contributed by atoms with E-state index in [-0.39, 0.29) is 22.7 Å². The van der Waals surface area contributed by atoms with Gasteiger partial charge in [0.2, 0.25) is 0 Å². The van der Waals surface area contributed by atoms with E-state index in [1.807, 2.05) is 32.0 Å². The van der Waals surface area contributed by atoms with E-state index in [0.717, 1.165) is 16.9 Å². The van der Waals surface area contributed by atoms with Crippen molar-refractivity contribution in [2.24, 2.45) is 5.92 Å². The second-order valence-corrected chi connectivity index (χ2v) is 7.15. The Kier molecular flexibility index (Phi) is 4.94. The number of thiophene rings is 1. The average molecular weight is 361 g/mol.